The number of carbonyl (C=O) groups is 2. The van der Waals surface area contributed by atoms with Crippen molar-refractivity contribution in [2.75, 3.05) is 5.32 Å². The van der Waals surface area contributed by atoms with Crippen molar-refractivity contribution in [3.05, 3.63) is 76.5 Å². The first kappa shape index (κ1) is 25.8. The molecule has 1 aromatic heterocycles. The van der Waals surface area contributed by atoms with Gasteiger partial charge in [-0.05, 0) is 62.8 Å². The molecule has 4 rings (SSSR count). The monoisotopic (exact) mass is 498 g/mol. The van der Waals surface area contributed by atoms with E-state index in [9.17, 15) is 4.79 Å². The third-order valence-corrected chi connectivity index (χ3v) is 5.86. The summed E-state index contributed by atoms with van der Waals surface area (Å²) in [6.45, 7) is 3.54. The number of benzene rings is 2. The van der Waals surface area contributed by atoms with Crippen molar-refractivity contribution in [2.45, 2.75) is 45.6 Å². The van der Waals surface area contributed by atoms with Crippen LogP contribution >= 0.6 is 11.6 Å². The highest BCUT2D eigenvalue weighted by atomic mass is 35.5. The van der Waals surface area contributed by atoms with E-state index < -0.39 is 18.4 Å². The quantitative estimate of drug-likeness (QED) is 0.328. The Morgan fingerprint density at radius 3 is 2.51 bits per heavy atom. The van der Waals surface area contributed by atoms with Crippen molar-refractivity contribution < 1.29 is 29.1 Å². The molecule has 1 aliphatic rings. The standard InChI is InChI=1S/C25H25ClN2O3.CH2O3/c1-16(21-13-6-7-14-22(21)26)30-25(29)27-23-17(2)31-28-24(23)20-12-8-11-19(15-20)18-9-4-3-5-10-18;2-1(3)4/h6-9,11-16H,3-5,10H2,1-2H3,(H,27,29);(H2,2,3,4). The van der Waals surface area contributed by atoms with Crippen LogP contribution in [0.15, 0.2) is 59.1 Å². The Balaban J connectivity index is 0.000000795. The fourth-order valence-corrected chi connectivity index (χ4v) is 4.13. The van der Waals surface area contributed by atoms with Gasteiger partial charge in [-0.3, -0.25) is 5.32 Å². The van der Waals surface area contributed by atoms with E-state index in [1.807, 2.05) is 30.3 Å². The van der Waals surface area contributed by atoms with Crippen LogP contribution in [0.3, 0.4) is 0 Å². The van der Waals surface area contributed by atoms with Crippen LogP contribution in [0.25, 0.3) is 16.8 Å². The van der Waals surface area contributed by atoms with E-state index in [1.54, 1.807) is 19.9 Å². The Hall–Kier alpha value is -3.78. The molecule has 1 amide bonds. The summed E-state index contributed by atoms with van der Waals surface area (Å²) in [4.78, 5) is 21.2. The van der Waals surface area contributed by atoms with Crippen LogP contribution in [0.1, 0.15) is 55.6 Å². The van der Waals surface area contributed by atoms with E-state index >= 15 is 0 Å². The highest BCUT2D eigenvalue weighted by Crippen LogP contribution is 2.34. The van der Waals surface area contributed by atoms with E-state index in [2.05, 4.69) is 28.7 Å². The third-order valence-electron chi connectivity index (χ3n) is 5.51. The first-order valence-electron chi connectivity index (χ1n) is 11.2. The van der Waals surface area contributed by atoms with Crippen molar-refractivity contribution in [2.24, 2.45) is 0 Å². The van der Waals surface area contributed by atoms with E-state index in [0.717, 1.165) is 24.0 Å². The Morgan fingerprint density at radius 1 is 1.11 bits per heavy atom. The number of carboxylic acid groups (broad SMARTS) is 2. The Bertz CT molecular complexity index is 1220. The topological polar surface area (TPSA) is 122 Å². The van der Waals surface area contributed by atoms with Gasteiger partial charge in [-0.1, -0.05) is 59.2 Å². The molecule has 1 aliphatic carbocycles. The van der Waals surface area contributed by atoms with Crippen molar-refractivity contribution in [3.8, 4) is 11.3 Å². The van der Waals surface area contributed by atoms with Gasteiger partial charge in [-0.2, -0.15) is 0 Å². The van der Waals surface area contributed by atoms with Crippen molar-refractivity contribution in [1.29, 1.82) is 0 Å². The van der Waals surface area contributed by atoms with Crippen molar-refractivity contribution >= 4 is 35.1 Å². The molecule has 1 atom stereocenters. The molecule has 3 N–H and O–H groups in total. The number of aromatic nitrogens is 1. The molecule has 0 saturated carbocycles. The van der Waals surface area contributed by atoms with Crippen LogP contribution in [0, 0.1) is 6.92 Å². The largest absolute Gasteiger partial charge is 0.503 e. The molecule has 0 saturated heterocycles. The molecule has 9 heteroatoms. The summed E-state index contributed by atoms with van der Waals surface area (Å²) in [5.41, 5.74) is 5.25. The second kappa shape index (κ2) is 12.1. The zero-order valence-corrected chi connectivity index (χ0v) is 20.2. The summed E-state index contributed by atoms with van der Waals surface area (Å²) in [7, 11) is 0. The number of carbonyl (C=O) groups excluding carboxylic acids is 1. The van der Waals surface area contributed by atoms with Crippen LogP contribution in [-0.2, 0) is 4.74 Å². The first-order valence-corrected chi connectivity index (χ1v) is 11.5. The third kappa shape index (κ3) is 7.10. The summed E-state index contributed by atoms with van der Waals surface area (Å²) in [5, 5.41) is 21.5. The predicted molar refractivity (Wildman–Crippen MR) is 134 cm³/mol. The predicted octanol–water partition coefficient (Wildman–Crippen LogP) is 7.79. The molecule has 3 aromatic rings. The molecule has 1 heterocycles. The Morgan fingerprint density at radius 2 is 1.83 bits per heavy atom. The molecule has 8 nitrogen and oxygen atoms in total. The van der Waals surface area contributed by atoms with Gasteiger partial charge in [0.25, 0.3) is 0 Å². The van der Waals surface area contributed by atoms with E-state index in [4.69, 9.17) is 35.9 Å². The average Bonchev–Trinajstić information content (AvgIpc) is 3.19. The number of nitrogens with zero attached hydrogens (tertiary/aromatic N) is 1. The smallest absolute Gasteiger partial charge is 0.450 e. The summed E-state index contributed by atoms with van der Waals surface area (Å²) < 4.78 is 10.9. The zero-order valence-electron chi connectivity index (χ0n) is 19.5. The second-order valence-corrected chi connectivity index (χ2v) is 8.40. The summed E-state index contributed by atoms with van der Waals surface area (Å²) in [5.74, 6) is 0.514. The van der Waals surface area contributed by atoms with Gasteiger partial charge in [0.15, 0.2) is 5.76 Å². The van der Waals surface area contributed by atoms with Crippen LogP contribution in [0.4, 0.5) is 15.3 Å². The van der Waals surface area contributed by atoms with Crippen molar-refractivity contribution in [1.82, 2.24) is 5.16 Å². The van der Waals surface area contributed by atoms with Gasteiger partial charge in [0.05, 0.1) is 0 Å². The SMILES string of the molecule is Cc1onc(-c2cccc(C3=CCCCC3)c2)c1NC(=O)OC(C)c1ccccc1Cl.O=C(O)O. The lowest BCUT2D eigenvalue weighted by Gasteiger charge is -2.16. The molecule has 184 valence electrons. The minimum Gasteiger partial charge on any atom is -0.450 e. The highest BCUT2D eigenvalue weighted by molar-refractivity contribution is 6.31. The molecule has 0 radical (unpaired) electrons. The number of amides is 1. The van der Waals surface area contributed by atoms with Gasteiger partial charge in [0.1, 0.15) is 17.5 Å². The number of halogens is 1. The van der Waals surface area contributed by atoms with Gasteiger partial charge in [-0.25, -0.2) is 9.59 Å². The summed E-state index contributed by atoms with van der Waals surface area (Å²) in [6.07, 6.45) is 4.04. The maximum atomic E-state index is 12.6. The summed E-state index contributed by atoms with van der Waals surface area (Å²) in [6, 6.07) is 15.5. The fraction of sp³-hybridized carbons (Fsp3) is 0.269. The van der Waals surface area contributed by atoms with Crippen LogP contribution in [-0.4, -0.2) is 27.6 Å². The lowest BCUT2D eigenvalue weighted by Crippen LogP contribution is -2.17. The minimum absolute atomic E-state index is 0.501. The molecule has 35 heavy (non-hydrogen) atoms. The van der Waals surface area contributed by atoms with Gasteiger partial charge in [0.2, 0.25) is 0 Å². The number of nitrogens with one attached hydrogen (secondary N) is 1. The average molecular weight is 499 g/mol. The minimum atomic E-state index is -1.83. The molecular formula is C26H27ClN2O6. The number of allylic oxidation sites excluding steroid dienone is 2. The number of aryl methyl sites for hydroxylation is 1. The van der Waals surface area contributed by atoms with Gasteiger partial charge >= 0.3 is 12.2 Å². The van der Waals surface area contributed by atoms with Crippen molar-refractivity contribution in [3.63, 3.8) is 0 Å². The molecule has 0 fully saturated rings. The normalized spacial score (nSPS) is 13.6. The Labute approximate surface area is 208 Å². The molecule has 0 aliphatic heterocycles. The lowest BCUT2D eigenvalue weighted by atomic mass is 9.92. The van der Waals surface area contributed by atoms with Crippen LogP contribution in [0.5, 0.6) is 0 Å². The maximum Gasteiger partial charge on any atom is 0.503 e. The molecule has 2 aromatic carbocycles. The number of hydrogen-bond acceptors (Lipinski definition) is 5. The highest BCUT2D eigenvalue weighted by Gasteiger charge is 2.21. The molecule has 0 bridgehead atoms. The fourth-order valence-electron chi connectivity index (χ4n) is 3.84. The van der Waals surface area contributed by atoms with Crippen LogP contribution < -0.4 is 5.32 Å². The maximum absolute atomic E-state index is 12.6. The van der Waals surface area contributed by atoms with Gasteiger partial charge < -0.3 is 19.5 Å². The number of anilines is 1. The number of ether oxygens (including phenoxy) is 1. The van der Waals surface area contributed by atoms with E-state index in [1.165, 1.54) is 24.0 Å². The number of hydrogen-bond donors (Lipinski definition) is 3. The van der Waals surface area contributed by atoms with E-state index in [-0.39, 0.29) is 0 Å². The number of rotatable bonds is 5. The summed E-state index contributed by atoms with van der Waals surface area (Å²) >= 11 is 6.21. The molecule has 0 spiro atoms. The van der Waals surface area contributed by atoms with Gasteiger partial charge in [-0.15, -0.1) is 0 Å². The van der Waals surface area contributed by atoms with Gasteiger partial charge in [0, 0.05) is 16.1 Å². The lowest BCUT2D eigenvalue weighted by molar-refractivity contribution is 0.121. The zero-order chi connectivity index (χ0) is 25.4. The second-order valence-electron chi connectivity index (χ2n) is 7.99. The Kier molecular flexibility index (Phi) is 8.92. The van der Waals surface area contributed by atoms with E-state index in [0.29, 0.717) is 22.2 Å². The molecular weight excluding hydrogens is 472 g/mol. The van der Waals surface area contributed by atoms with Crippen LogP contribution in [0.2, 0.25) is 5.02 Å². The molecule has 1 unspecified atom stereocenters. The first-order chi connectivity index (χ1) is 16.8.